The van der Waals surface area contributed by atoms with Gasteiger partial charge in [0.25, 0.3) is 5.91 Å². The van der Waals surface area contributed by atoms with E-state index < -0.39 is 34.8 Å². The second kappa shape index (κ2) is 7.98. The van der Waals surface area contributed by atoms with Crippen molar-refractivity contribution in [3.63, 3.8) is 0 Å². The number of alkyl halides is 1. The van der Waals surface area contributed by atoms with Gasteiger partial charge in [0.15, 0.2) is 17.0 Å². The summed E-state index contributed by atoms with van der Waals surface area (Å²) in [4.78, 5) is 40.6. The molecule has 9 heteroatoms. The molecule has 1 aromatic heterocycles. The maximum Gasteiger partial charge on any atom is 0.256 e. The summed E-state index contributed by atoms with van der Waals surface area (Å²) in [5, 5.41) is 5.66. The number of carbonyl (C=O) groups is 3. The first-order chi connectivity index (χ1) is 11.4. The smallest absolute Gasteiger partial charge is 0.256 e. The lowest BCUT2D eigenvalue weighted by atomic mass is 10.0. The molecule has 0 aliphatic heterocycles. The van der Waals surface area contributed by atoms with Crippen LogP contribution in [0.1, 0.15) is 17.3 Å². The fraction of sp³-hybridized carbons (Fsp3) is 0.200. The molecule has 0 radical (unpaired) electrons. The highest BCUT2D eigenvalue weighted by Crippen LogP contribution is 2.13. The summed E-state index contributed by atoms with van der Waals surface area (Å²) in [6.45, 7) is 1.40. The third-order valence-electron chi connectivity index (χ3n) is 2.94. The molecule has 126 valence electrons. The van der Waals surface area contributed by atoms with Crippen LogP contribution in [-0.4, -0.2) is 34.0 Å². The van der Waals surface area contributed by atoms with Gasteiger partial charge in [-0.05, 0) is 19.1 Å². The summed E-state index contributed by atoms with van der Waals surface area (Å²) < 4.78 is 13.3. The number of carbonyl (C=O) groups excluding carboxylic acids is 3. The van der Waals surface area contributed by atoms with Gasteiger partial charge in [-0.2, -0.15) is 0 Å². The van der Waals surface area contributed by atoms with Crippen LogP contribution in [0.4, 0.5) is 9.52 Å². The van der Waals surface area contributed by atoms with Gasteiger partial charge in [-0.3, -0.25) is 19.7 Å². The predicted molar refractivity (Wildman–Crippen MR) is 88.7 cm³/mol. The van der Waals surface area contributed by atoms with Gasteiger partial charge in [0.2, 0.25) is 5.91 Å². The van der Waals surface area contributed by atoms with Crippen LogP contribution in [0.15, 0.2) is 35.8 Å². The van der Waals surface area contributed by atoms with Crippen LogP contribution in [0.3, 0.4) is 0 Å². The Kier molecular flexibility index (Phi) is 5.99. The van der Waals surface area contributed by atoms with Crippen molar-refractivity contribution in [3.8, 4) is 0 Å². The molecule has 0 aliphatic carbocycles. The van der Waals surface area contributed by atoms with E-state index in [0.29, 0.717) is 0 Å². The normalized spacial score (nSPS) is 13.0. The highest BCUT2D eigenvalue weighted by Gasteiger charge is 2.31. The highest BCUT2D eigenvalue weighted by molar-refractivity contribution is 7.13. The Morgan fingerprint density at radius 2 is 2.04 bits per heavy atom. The second-order valence-electron chi connectivity index (χ2n) is 4.76. The first-order valence-electron chi connectivity index (χ1n) is 6.83. The lowest BCUT2D eigenvalue weighted by molar-refractivity contribution is -0.125. The van der Waals surface area contributed by atoms with Gasteiger partial charge in [-0.15, -0.1) is 22.9 Å². The van der Waals surface area contributed by atoms with Crippen molar-refractivity contribution >= 4 is 45.7 Å². The van der Waals surface area contributed by atoms with Crippen LogP contribution in [0.5, 0.6) is 0 Å². The standard InChI is InChI=1S/C15H13ClFN3O3S/c1-8(16)13(22)19-11(14(23)20-15-18-5-6-24-15)12(21)9-3-2-4-10(17)7-9/h2-8,11H,1H3,(H,19,22)(H,18,20,23). The van der Waals surface area contributed by atoms with Crippen LogP contribution in [0, 0.1) is 5.82 Å². The summed E-state index contributed by atoms with van der Waals surface area (Å²) in [5.74, 6) is -2.86. The Hall–Kier alpha value is -2.32. The Balaban J connectivity index is 2.26. The quantitative estimate of drug-likeness (QED) is 0.464. The Bertz CT molecular complexity index is 752. The number of aromatic nitrogens is 1. The van der Waals surface area contributed by atoms with Gasteiger partial charge >= 0.3 is 0 Å². The molecule has 0 saturated heterocycles. The molecule has 2 N–H and O–H groups in total. The molecule has 0 fully saturated rings. The number of benzene rings is 1. The van der Waals surface area contributed by atoms with Crippen LogP contribution < -0.4 is 10.6 Å². The predicted octanol–water partition coefficient (Wildman–Crippen LogP) is 2.22. The molecule has 0 bridgehead atoms. The third-order valence-corrected chi connectivity index (χ3v) is 3.83. The molecule has 6 nitrogen and oxygen atoms in total. The van der Waals surface area contributed by atoms with E-state index in [1.807, 2.05) is 0 Å². The maximum atomic E-state index is 13.3. The van der Waals surface area contributed by atoms with Crippen molar-refractivity contribution in [1.82, 2.24) is 10.3 Å². The summed E-state index contributed by atoms with van der Waals surface area (Å²) in [7, 11) is 0. The van der Waals surface area contributed by atoms with E-state index in [0.717, 1.165) is 17.4 Å². The van der Waals surface area contributed by atoms with Crippen LogP contribution in [0.2, 0.25) is 0 Å². The molecule has 2 amide bonds. The number of hydrogen-bond acceptors (Lipinski definition) is 5. The van der Waals surface area contributed by atoms with Gasteiger partial charge in [0.1, 0.15) is 11.2 Å². The lowest BCUT2D eigenvalue weighted by Crippen LogP contribution is -2.50. The highest BCUT2D eigenvalue weighted by atomic mass is 35.5. The van der Waals surface area contributed by atoms with E-state index in [4.69, 9.17) is 11.6 Å². The number of hydrogen-bond donors (Lipinski definition) is 2. The number of halogens is 2. The van der Waals surface area contributed by atoms with Crippen molar-refractivity contribution in [3.05, 3.63) is 47.2 Å². The van der Waals surface area contributed by atoms with Gasteiger partial charge in [-0.1, -0.05) is 12.1 Å². The number of nitrogens with zero attached hydrogens (tertiary/aromatic N) is 1. The fourth-order valence-corrected chi connectivity index (χ4v) is 2.37. The first-order valence-corrected chi connectivity index (χ1v) is 8.14. The summed E-state index contributed by atoms with van der Waals surface area (Å²) in [6, 6.07) is 3.29. The average molecular weight is 370 g/mol. The van der Waals surface area contributed by atoms with Crippen LogP contribution in [0.25, 0.3) is 0 Å². The second-order valence-corrected chi connectivity index (χ2v) is 6.31. The summed E-state index contributed by atoms with van der Waals surface area (Å²) >= 11 is 6.82. The topological polar surface area (TPSA) is 88.2 Å². The monoisotopic (exact) mass is 369 g/mol. The minimum atomic E-state index is -1.55. The third kappa shape index (κ3) is 4.59. The number of thiazole rings is 1. The van der Waals surface area contributed by atoms with E-state index in [1.54, 1.807) is 5.38 Å². The number of anilines is 1. The van der Waals surface area contributed by atoms with E-state index in [1.165, 1.54) is 31.3 Å². The van der Waals surface area contributed by atoms with Crippen molar-refractivity contribution in [1.29, 1.82) is 0 Å². The number of Topliss-reactive ketones (excluding diaryl/α,β-unsaturated/α-hetero) is 1. The summed E-state index contributed by atoms with van der Waals surface area (Å²) in [5.41, 5.74) is -0.0446. The number of rotatable bonds is 6. The molecule has 0 aliphatic rings. The zero-order valence-corrected chi connectivity index (χ0v) is 14.0. The van der Waals surface area contributed by atoms with Crippen LogP contribution in [-0.2, 0) is 9.59 Å². The van der Waals surface area contributed by atoms with E-state index in [-0.39, 0.29) is 10.7 Å². The zero-order chi connectivity index (χ0) is 17.7. The molecule has 1 heterocycles. The summed E-state index contributed by atoms with van der Waals surface area (Å²) in [6.07, 6.45) is 1.48. The Morgan fingerprint density at radius 1 is 1.29 bits per heavy atom. The first kappa shape index (κ1) is 18.0. The van der Waals surface area contributed by atoms with E-state index in [2.05, 4.69) is 15.6 Å². The largest absolute Gasteiger partial charge is 0.337 e. The molecular formula is C15H13ClFN3O3S. The maximum absolute atomic E-state index is 13.3. The molecule has 1 aromatic carbocycles. The Morgan fingerprint density at radius 3 is 2.62 bits per heavy atom. The molecule has 2 rings (SSSR count). The van der Waals surface area contributed by atoms with Crippen molar-refractivity contribution in [2.24, 2.45) is 0 Å². The Labute approximate surface area is 146 Å². The molecule has 2 aromatic rings. The molecule has 2 unspecified atom stereocenters. The minimum Gasteiger partial charge on any atom is -0.337 e. The van der Waals surface area contributed by atoms with Gasteiger partial charge < -0.3 is 5.32 Å². The molecular weight excluding hydrogens is 357 g/mol. The van der Waals surface area contributed by atoms with Gasteiger partial charge in [0, 0.05) is 17.1 Å². The SMILES string of the molecule is CC(Cl)C(=O)NC(C(=O)Nc1nccs1)C(=O)c1cccc(F)c1. The fourth-order valence-electron chi connectivity index (χ4n) is 1.78. The van der Waals surface area contributed by atoms with E-state index >= 15 is 0 Å². The zero-order valence-electron chi connectivity index (χ0n) is 12.5. The number of nitrogens with one attached hydrogen (secondary N) is 2. The lowest BCUT2D eigenvalue weighted by Gasteiger charge is -2.17. The van der Waals surface area contributed by atoms with Crippen molar-refractivity contribution < 1.29 is 18.8 Å². The van der Waals surface area contributed by atoms with Gasteiger partial charge in [0.05, 0.1) is 0 Å². The average Bonchev–Trinajstić information content (AvgIpc) is 3.04. The van der Waals surface area contributed by atoms with Gasteiger partial charge in [-0.25, -0.2) is 9.37 Å². The van der Waals surface area contributed by atoms with Crippen molar-refractivity contribution in [2.75, 3.05) is 5.32 Å². The van der Waals surface area contributed by atoms with Crippen LogP contribution >= 0.6 is 22.9 Å². The molecule has 0 saturated carbocycles. The molecule has 0 spiro atoms. The molecule has 2 atom stereocenters. The van der Waals surface area contributed by atoms with Crippen molar-refractivity contribution in [2.45, 2.75) is 18.3 Å². The number of amides is 2. The molecule has 24 heavy (non-hydrogen) atoms. The minimum absolute atomic E-state index is 0.0446. The van der Waals surface area contributed by atoms with E-state index in [9.17, 15) is 18.8 Å². The number of ketones is 1.